The van der Waals surface area contributed by atoms with E-state index in [1.807, 2.05) is 19.2 Å². The Morgan fingerprint density at radius 3 is 2.86 bits per heavy atom. The van der Waals surface area contributed by atoms with Gasteiger partial charge in [-0.2, -0.15) is 0 Å². The molecular formula is C15H16ClN3O2. The fraction of sp³-hybridized carbons (Fsp3) is 0.333. The Morgan fingerprint density at radius 1 is 1.24 bits per heavy atom. The summed E-state index contributed by atoms with van der Waals surface area (Å²) in [4.78, 5) is 9.10. The van der Waals surface area contributed by atoms with Crippen molar-refractivity contribution in [3.8, 4) is 22.9 Å². The maximum Gasteiger partial charge on any atom is 0.231 e. The summed E-state index contributed by atoms with van der Waals surface area (Å²) >= 11 is 6.22. The molecule has 0 aliphatic carbocycles. The van der Waals surface area contributed by atoms with Crippen LogP contribution in [0.3, 0.4) is 0 Å². The minimum Gasteiger partial charge on any atom is -0.454 e. The number of aryl methyl sites for hydroxylation is 1. The smallest absolute Gasteiger partial charge is 0.231 e. The molecule has 0 radical (unpaired) electrons. The molecule has 21 heavy (non-hydrogen) atoms. The molecule has 0 atom stereocenters. The molecule has 0 saturated heterocycles. The molecule has 0 bridgehead atoms. The number of hydrogen-bond donors (Lipinski definition) is 1. The van der Waals surface area contributed by atoms with Crippen molar-refractivity contribution in [3.63, 3.8) is 0 Å². The van der Waals surface area contributed by atoms with Gasteiger partial charge in [0.1, 0.15) is 5.82 Å². The maximum absolute atomic E-state index is 6.22. The molecule has 3 rings (SSSR count). The maximum atomic E-state index is 6.22. The van der Waals surface area contributed by atoms with E-state index in [-0.39, 0.29) is 6.79 Å². The zero-order chi connectivity index (χ0) is 14.8. The van der Waals surface area contributed by atoms with Crippen LogP contribution in [0.4, 0.5) is 5.82 Å². The second-order valence-electron chi connectivity index (χ2n) is 4.76. The molecule has 1 N–H and O–H groups in total. The summed E-state index contributed by atoms with van der Waals surface area (Å²) in [6.07, 6.45) is 1.93. The Labute approximate surface area is 128 Å². The summed E-state index contributed by atoms with van der Waals surface area (Å²) in [5.74, 6) is 2.63. The van der Waals surface area contributed by atoms with E-state index in [0.29, 0.717) is 22.3 Å². The van der Waals surface area contributed by atoms with Crippen molar-refractivity contribution in [2.75, 3.05) is 19.2 Å². The van der Waals surface area contributed by atoms with Crippen LogP contribution < -0.4 is 14.8 Å². The predicted molar refractivity (Wildman–Crippen MR) is 82.1 cm³/mol. The summed E-state index contributed by atoms with van der Waals surface area (Å²) in [6, 6.07) is 5.62. The van der Waals surface area contributed by atoms with Gasteiger partial charge in [-0.1, -0.05) is 24.9 Å². The second-order valence-corrected chi connectivity index (χ2v) is 5.17. The number of halogens is 1. The summed E-state index contributed by atoms with van der Waals surface area (Å²) in [7, 11) is 1.84. The molecule has 0 spiro atoms. The van der Waals surface area contributed by atoms with Gasteiger partial charge in [0, 0.05) is 24.4 Å². The first-order chi connectivity index (χ1) is 10.2. The van der Waals surface area contributed by atoms with Gasteiger partial charge in [0.05, 0.1) is 5.02 Å². The van der Waals surface area contributed by atoms with E-state index in [9.17, 15) is 0 Å². The van der Waals surface area contributed by atoms with Gasteiger partial charge in [0.15, 0.2) is 17.3 Å². The normalized spacial score (nSPS) is 12.5. The van der Waals surface area contributed by atoms with Gasteiger partial charge in [-0.3, -0.25) is 0 Å². The van der Waals surface area contributed by atoms with Gasteiger partial charge in [-0.05, 0) is 18.6 Å². The molecule has 1 aromatic heterocycles. The molecule has 2 aromatic rings. The Bertz CT molecular complexity index is 676. The van der Waals surface area contributed by atoms with Gasteiger partial charge in [0.2, 0.25) is 6.79 Å². The first-order valence-electron chi connectivity index (χ1n) is 6.86. The number of benzene rings is 1. The average molecular weight is 306 g/mol. The van der Waals surface area contributed by atoms with Crippen LogP contribution >= 0.6 is 11.6 Å². The van der Waals surface area contributed by atoms with E-state index in [2.05, 4.69) is 22.2 Å². The highest BCUT2D eigenvalue weighted by Crippen LogP contribution is 2.41. The van der Waals surface area contributed by atoms with Crippen LogP contribution in [-0.4, -0.2) is 23.8 Å². The van der Waals surface area contributed by atoms with E-state index in [0.717, 1.165) is 29.9 Å². The number of rotatable bonds is 4. The van der Waals surface area contributed by atoms with E-state index in [1.165, 1.54) is 0 Å². The Kier molecular flexibility index (Phi) is 3.84. The molecule has 2 heterocycles. The minimum absolute atomic E-state index is 0.191. The SMILES string of the molecule is CCCc1cc(NC)nc(-c2cc(Cl)c3c(c2)OCO3)n1. The number of fused-ring (bicyclic) bond motifs is 1. The predicted octanol–water partition coefficient (Wildman–Crippen LogP) is 3.52. The number of nitrogens with zero attached hydrogens (tertiary/aromatic N) is 2. The van der Waals surface area contributed by atoms with Gasteiger partial charge in [0.25, 0.3) is 0 Å². The van der Waals surface area contributed by atoms with Crippen LogP contribution in [0.2, 0.25) is 5.02 Å². The van der Waals surface area contributed by atoms with Crippen molar-refractivity contribution in [1.82, 2.24) is 9.97 Å². The first-order valence-corrected chi connectivity index (χ1v) is 7.24. The number of aromatic nitrogens is 2. The molecule has 6 heteroatoms. The van der Waals surface area contributed by atoms with E-state index < -0.39 is 0 Å². The molecule has 110 valence electrons. The lowest BCUT2D eigenvalue weighted by molar-refractivity contribution is 0.174. The summed E-state index contributed by atoms with van der Waals surface area (Å²) in [6.45, 7) is 2.31. The third-order valence-corrected chi connectivity index (χ3v) is 3.51. The third kappa shape index (κ3) is 2.74. The van der Waals surface area contributed by atoms with Crippen molar-refractivity contribution < 1.29 is 9.47 Å². The summed E-state index contributed by atoms with van der Waals surface area (Å²) in [5.41, 5.74) is 1.82. The first kappa shape index (κ1) is 13.9. The highest BCUT2D eigenvalue weighted by Gasteiger charge is 2.20. The molecular weight excluding hydrogens is 290 g/mol. The number of ether oxygens (including phenoxy) is 2. The molecule has 1 aliphatic heterocycles. The molecule has 0 fully saturated rings. The van der Waals surface area contributed by atoms with Gasteiger partial charge < -0.3 is 14.8 Å². The largest absolute Gasteiger partial charge is 0.454 e. The van der Waals surface area contributed by atoms with Crippen molar-refractivity contribution >= 4 is 17.4 Å². The minimum atomic E-state index is 0.191. The summed E-state index contributed by atoms with van der Waals surface area (Å²) < 4.78 is 10.7. The van der Waals surface area contributed by atoms with Crippen molar-refractivity contribution in [2.45, 2.75) is 19.8 Å². The quantitative estimate of drug-likeness (QED) is 0.936. The highest BCUT2D eigenvalue weighted by atomic mass is 35.5. The van der Waals surface area contributed by atoms with Crippen LogP contribution in [0, 0.1) is 0 Å². The third-order valence-electron chi connectivity index (χ3n) is 3.23. The molecule has 1 aliphatic rings. The highest BCUT2D eigenvalue weighted by molar-refractivity contribution is 6.32. The topological polar surface area (TPSA) is 56.3 Å². The molecule has 5 nitrogen and oxygen atoms in total. The lowest BCUT2D eigenvalue weighted by Crippen LogP contribution is -2.01. The average Bonchev–Trinajstić information content (AvgIpc) is 2.96. The van der Waals surface area contributed by atoms with Crippen molar-refractivity contribution in [1.29, 1.82) is 0 Å². The van der Waals surface area contributed by atoms with Crippen molar-refractivity contribution in [3.05, 3.63) is 28.9 Å². The fourth-order valence-corrected chi connectivity index (χ4v) is 2.50. The van der Waals surface area contributed by atoms with Crippen LogP contribution in [-0.2, 0) is 6.42 Å². The van der Waals surface area contributed by atoms with Crippen LogP contribution in [0.15, 0.2) is 18.2 Å². The zero-order valence-corrected chi connectivity index (χ0v) is 12.7. The van der Waals surface area contributed by atoms with Gasteiger partial charge >= 0.3 is 0 Å². The summed E-state index contributed by atoms with van der Waals surface area (Å²) in [5, 5.41) is 3.57. The van der Waals surface area contributed by atoms with Crippen LogP contribution in [0.1, 0.15) is 19.0 Å². The zero-order valence-electron chi connectivity index (χ0n) is 11.9. The Morgan fingerprint density at radius 2 is 2.10 bits per heavy atom. The van der Waals surface area contributed by atoms with Crippen molar-refractivity contribution in [2.24, 2.45) is 0 Å². The van der Waals surface area contributed by atoms with E-state index >= 15 is 0 Å². The Balaban J connectivity index is 2.07. The van der Waals surface area contributed by atoms with Crippen LogP contribution in [0.25, 0.3) is 11.4 Å². The van der Waals surface area contributed by atoms with E-state index in [1.54, 1.807) is 6.07 Å². The molecule has 1 aromatic carbocycles. The fourth-order valence-electron chi connectivity index (χ4n) is 2.24. The van der Waals surface area contributed by atoms with Crippen LogP contribution in [0.5, 0.6) is 11.5 Å². The standard InChI is InChI=1S/C15H16ClN3O2/c1-3-4-10-7-13(17-2)19-15(18-10)9-5-11(16)14-12(6-9)20-8-21-14/h5-7H,3-4,8H2,1-2H3,(H,17,18,19). The molecule has 0 amide bonds. The monoisotopic (exact) mass is 305 g/mol. The lowest BCUT2D eigenvalue weighted by atomic mass is 10.1. The number of anilines is 1. The number of hydrogen-bond acceptors (Lipinski definition) is 5. The molecule has 0 saturated carbocycles. The van der Waals surface area contributed by atoms with Gasteiger partial charge in [-0.25, -0.2) is 9.97 Å². The molecule has 0 unspecified atom stereocenters. The van der Waals surface area contributed by atoms with E-state index in [4.69, 9.17) is 21.1 Å². The Hall–Kier alpha value is -2.01. The number of nitrogens with one attached hydrogen (secondary N) is 1. The van der Waals surface area contributed by atoms with Gasteiger partial charge in [-0.15, -0.1) is 0 Å². The lowest BCUT2D eigenvalue weighted by Gasteiger charge is -2.09. The second kappa shape index (κ2) is 5.77.